The molecule has 4 nitrogen and oxygen atoms in total. The number of rotatable bonds is 4. The number of amides is 1. The van der Waals surface area contributed by atoms with Crippen molar-refractivity contribution in [2.45, 2.75) is 38.3 Å². The molecule has 1 unspecified atom stereocenters. The zero-order valence-electron chi connectivity index (χ0n) is 13.4. The van der Waals surface area contributed by atoms with E-state index in [1.165, 1.54) is 31.5 Å². The van der Waals surface area contributed by atoms with Gasteiger partial charge in [-0.2, -0.15) is 0 Å². The van der Waals surface area contributed by atoms with Crippen LogP contribution in [-0.4, -0.2) is 43.0 Å². The number of piperidine rings is 1. The second-order valence-corrected chi connectivity index (χ2v) is 6.20. The Morgan fingerprint density at radius 3 is 2.70 bits per heavy atom. The number of nitrogens with zero attached hydrogens (tertiary/aromatic N) is 1. The number of nitrogens with one attached hydrogen (secondary N) is 2. The summed E-state index contributed by atoms with van der Waals surface area (Å²) >= 11 is 0. The maximum absolute atomic E-state index is 12.3. The van der Waals surface area contributed by atoms with E-state index in [1.54, 1.807) is 0 Å². The first-order valence-electron chi connectivity index (χ1n) is 8.14. The molecule has 23 heavy (non-hydrogen) atoms. The fourth-order valence-electron chi connectivity index (χ4n) is 3.25. The monoisotopic (exact) mass is 359 g/mol. The molecule has 2 fully saturated rings. The van der Waals surface area contributed by atoms with Gasteiger partial charge >= 0.3 is 0 Å². The van der Waals surface area contributed by atoms with Gasteiger partial charge in [0.2, 0.25) is 0 Å². The summed E-state index contributed by atoms with van der Waals surface area (Å²) in [6, 6.07) is 8.35. The van der Waals surface area contributed by atoms with Crippen LogP contribution in [0.2, 0.25) is 0 Å². The third-order valence-electron chi connectivity index (χ3n) is 4.43. The van der Waals surface area contributed by atoms with E-state index in [4.69, 9.17) is 0 Å². The van der Waals surface area contributed by atoms with Crippen LogP contribution in [0.15, 0.2) is 24.3 Å². The van der Waals surface area contributed by atoms with Gasteiger partial charge in [-0.25, -0.2) is 0 Å². The Hall–Kier alpha value is -0.810. The Morgan fingerprint density at radius 2 is 2.00 bits per heavy atom. The van der Waals surface area contributed by atoms with E-state index in [2.05, 4.69) is 21.6 Å². The highest BCUT2D eigenvalue weighted by Crippen LogP contribution is 2.14. The van der Waals surface area contributed by atoms with E-state index in [0.29, 0.717) is 0 Å². The van der Waals surface area contributed by atoms with Gasteiger partial charge in [0.15, 0.2) is 0 Å². The van der Waals surface area contributed by atoms with Crippen LogP contribution in [0, 0.1) is 0 Å². The minimum Gasteiger partial charge on any atom is -0.348 e. The maximum Gasteiger partial charge on any atom is 0.251 e. The van der Waals surface area contributed by atoms with Gasteiger partial charge < -0.3 is 10.6 Å². The molecule has 130 valence electrons. The van der Waals surface area contributed by atoms with Gasteiger partial charge in [-0.1, -0.05) is 12.1 Å². The van der Waals surface area contributed by atoms with Crippen LogP contribution in [0.3, 0.4) is 0 Å². The average Bonchev–Trinajstić information content (AvgIpc) is 3.01. The smallest absolute Gasteiger partial charge is 0.251 e. The molecular weight excluding hydrogens is 333 g/mol. The summed E-state index contributed by atoms with van der Waals surface area (Å²) in [6.07, 6.45) is 4.82. The van der Waals surface area contributed by atoms with Gasteiger partial charge in [0, 0.05) is 24.7 Å². The number of hydrogen-bond donors (Lipinski definition) is 2. The largest absolute Gasteiger partial charge is 0.348 e. The Kier molecular flexibility index (Phi) is 8.92. The Balaban J connectivity index is 0.00000132. The van der Waals surface area contributed by atoms with Crippen molar-refractivity contribution in [3.63, 3.8) is 0 Å². The van der Waals surface area contributed by atoms with Crippen LogP contribution >= 0.6 is 24.8 Å². The Bertz CT molecular complexity index is 486. The van der Waals surface area contributed by atoms with Crippen LogP contribution in [0.5, 0.6) is 0 Å². The lowest BCUT2D eigenvalue weighted by Crippen LogP contribution is -2.45. The summed E-state index contributed by atoms with van der Waals surface area (Å²) in [7, 11) is 0. The zero-order chi connectivity index (χ0) is 14.5. The molecule has 1 aromatic rings. The molecule has 1 aromatic carbocycles. The van der Waals surface area contributed by atoms with E-state index in [9.17, 15) is 4.79 Å². The molecule has 1 atom stereocenters. The zero-order valence-corrected chi connectivity index (χ0v) is 15.1. The summed E-state index contributed by atoms with van der Waals surface area (Å²) in [5, 5.41) is 6.47. The highest BCUT2D eigenvalue weighted by atomic mass is 35.5. The van der Waals surface area contributed by atoms with Gasteiger partial charge in [-0.05, 0) is 63.0 Å². The number of halogens is 2. The molecule has 3 rings (SSSR count). The lowest BCUT2D eigenvalue weighted by molar-refractivity contribution is 0.0930. The van der Waals surface area contributed by atoms with E-state index in [0.717, 1.165) is 38.0 Å². The van der Waals surface area contributed by atoms with Crippen molar-refractivity contribution >= 4 is 30.7 Å². The van der Waals surface area contributed by atoms with Crippen LogP contribution in [0.1, 0.15) is 41.6 Å². The molecule has 0 spiro atoms. The quantitative estimate of drug-likeness (QED) is 0.868. The summed E-state index contributed by atoms with van der Waals surface area (Å²) in [6.45, 7) is 5.29. The third-order valence-corrected chi connectivity index (χ3v) is 4.43. The van der Waals surface area contributed by atoms with Crippen LogP contribution in [-0.2, 0) is 6.54 Å². The van der Waals surface area contributed by atoms with E-state index < -0.39 is 0 Å². The van der Waals surface area contributed by atoms with Crippen molar-refractivity contribution < 1.29 is 4.79 Å². The Labute approximate surface area is 151 Å². The SMILES string of the molecule is Cl.Cl.O=C(NC1CCCNC1)c1cccc(CN2CCCC2)c1. The fraction of sp³-hybridized carbons (Fsp3) is 0.588. The lowest BCUT2D eigenvalue weighted by Gasteiger charge is -2.24. The molecule has 2 aliphatic heterocycles. The normalized spacial score (nSPS) is 21.1. The van der Waals surface area contributed by atoms with E-state index in [1.807, 2.05) is 18.2 Å². The highest BCUT2D eigenvalue weighted by molar-refractivity contribution is 5.94. The maximum atomic E-state index is 12.3. The average molecular weight is 360 g/mol. The van der Waals surface area contributed by atoms with Crippen molar-refractivity contribution in [3.8, 4) is 0 Å². The molecule has 0 aliphatic carbocycles. The van der Waals surface area contributed by atoms with Crippen molar-refractivity contribution in [1.82, 2.24) is 15.5 Å². The number of likely N-dealkylation sites (tertiary alicyclic amines) is 1. The van der Waals surface area contributed by atoms with Crippen molar-refractivity contribution in [2.75, 3.05) is 26.2 Å². The first-order chi connectivity index (χ1) is 10.3. The predicted octanol–water partition coefficient (Wildman–Crippen LogP) is 2.61. The van der Waals surface area contributed by atoms with Crippen molar-refractivity contribution in [3.05, 3.63) is 35.4 Å². The van der Waals surface area contributed by atoms with Crippen LogP contribution in [0.4, 0.5) is 0 Å². The summed E-state index contributed by atoms with van der Waals surface area (Å²) in [5.41, 5.74) is 2.03. The van der Waals surface area contributed by atoms with E-state index in [-0.39, 0.29) is 36.8 Å². The number of hydrogen-bond acceptors (Lipinski definition) is 3. The molecule has 6 heteroatoms. The second-order valence-electron chi connectivity index (χ2n) is 6.20. The van der Waals surface area contributed by atoms with Gasteiger partial charge in [0.05, 0.1) is 0 Å². The first kappa shape index (κ1) is 20.2. The fourth-order valence-corrected chi connectivity index (χ4v) is 3.25. The van der Waals surface area contributed by atoms with Gasteiger partial charge in [-0.15, -0.1) is 24.8 Å². The molecule has 0 bridgehead atoms. The minimum atomic E-state index is 0. The van der Waals surface area contributed by atoms with Gasteiger partial charge in [0.1, 0.15) is 0 Å². The summed E-state index contributed by atoms with van der Waals surface area (Å²) < 4.78 is 0. The minimum absolute atomic E-state index is 0. The molecule has 0 saturated carbocycles. The third kappa shape index (κ3) is 5.96. The molecule has 0 radical (unpaired) electrons. The van der Waals surface area contributed by atoms with Gasteiger partial charge in [-0.3, -0.25) is 9.69 Å². The molecule has 1 amide bonds. The highest BCUT2D eigenvalue weighted by Gasteiger charge is 2.17. The van der Waals surface area contributed by atoms with Crippen LogP contribution in [0.25, 0.3) is 0 Å². The van der Waals surface area contributed by atoms with Crippen LogP contribution < -0.4 is 10.6 Å². The number of carbonyl (C=O) groups is 1. The van der Waals surface area contributed by atoms with E-state index >= 15 is 0 Å². The van der Waals surface area contributed by atoms with Crippen molar-refractivity contribution in [2.24, 2.45) is 0 Å². The first-order valence-corrected chi connectivity index (χ1v) is 8.14. The Morgan fingerprint density at radius 1 is 1.22 bits per heavy atom. The number of benzene rings is 1. The molecule has 2 heterocycles. The topological polar surface area (TPSA) is 44.4 Å². The standard InChI is InChI=1S/C17H25N3O.2ClH/c21-17(19-16-7-4-8-18-12-16)15-6-3-5-14(11-15)13-20-9-1-2-10-20;;/h3,5-6,11,16,18H,1-2,4,7-10,12-13H2,(H,19,21);2*1H. The molecule has 2 aliphatic rings. The molecule has 0 aromatic heterocycles. The van der Waals surface area contributed by atoms with Gasteiger partial charge in [0.25, 0.3) is 5.91 Å². The second kappa shape index (κ2) is 10.1. The van der Waals surface area contributed by atoms with Crippen molar-refractivity contribution in [1.29, 1.82) is 0 Å². The molecule has 2 N–H and O–H groups in total. The summed E-state index contributed by atoms with van der Waals surface area (Å²) in [5.74, 6) is 0.0620. The lowest BCUT2D eigenvalue weighted by atomic mass is 10.1. The summed E-state index contributed by atoms with van der Waals surface area (Å²) in [4.78, 5) is 14.8. The number of carbonyl (C=O) groups excluding carboxylic acids is 1. The molecular formula is C17H27Cl2N3O. The molecule has 2 saturated heterocycles. The predicted molar refractivity (Wildman–Crippen MR) is 98.8 cm³/mol.